The fourth-order valence-corrected chi connectivity index (χ4v) is 2.48. The Bertz CT molecular complexity index is 942. The van der Waals surface area contributed by atoms with Gasteiger partial charge in [-0.2, -0.15) is 5.10 Å². The molecule has 0 heterocycles. The van der Waals surface area contributed by atoms with Crippen molar-refractivity contribution in [3.8, 4) is 0 Å². The van der Waals surface area contributed by atoms with Crippen molar-refractivity contribution in [2.24, 2.45) is 5.10 Å². The second-order valence-electron chi connectivity index (χ2n) is 5.91. The molecule has 0 aliphatic heterocycles. The third kappa shape index (κ3) is 5.36. The SMILES string of the molecule is O=C(N/N=C(/CNNC(=O)c1ccccc1)c1ccccc1)c1ccccc1. The third-order valence-corrected chi connectivity index (χ3v) is 3.93. The maximum Gasteiger partial charge on any atom is 0.271 e. The first-order valence-electron chi connectivity index (χ1n) is 8.79. The van der Waals surface area contributed by atoms with E-state index >= 15 is 0 Å². The Hall–Kier alpha value is -3.77. The lowest BCUT2D eigenvalue weighted by atomic mass is 10.1. The summed E-state index contributed by atoms with van der Waals surface area (Å²) in [7, 11) is 0. The van der Waals surface area contributed by atoms with Crippen molar-refractivity contribution in [1.82, 2.24) is 16.3 Å². The molecular weight excluding hydrogens is 352 g/mol. The second-order valence-corrected chi connectivity index (χ2v) is 5.91. The lowest BCUT2D eigenvalue weighted by Crippen LogP contribution is -2.41. The van der Waals surface area contributed by atoms with E-state index < -0.39 is 0 Å². The Balaban J connectivity index is 1.66. The van der Waals surface area contributed by atoms with E-state index in [0.717, 1.165) is 5.56 Å². The van der Waals surface area contributed by atoms with Crippen molar-refractivity contribution in [1.29, 1.82) is 0 Å². The average Bonchev–Trinajstić information content (AvgIpc) is 2.77. The van der Waals surface area contributed by atoms with Crippen molar-refractivity contribution >= 4 is 17.5 Å². The molecular formula is C22H20N4O2. The molecule has 3 N–H and O–H groups in total. The summed E-state index contributed by atoms with van der Waals surface area (Å²) in [6.45, 7) is 0.234. The van der Waals surface area contributed by atoms with Crippen LogP contribution in [-0.4, -0.2) is 24.1 Å². The first-order valence-corrected chi connectivity index (χ1v) is 8.79. The fourth-order valence-electron chi connectivity index (χ4n) is 2.48. The minimum absolute atomic E-state index is 0.234. The minimum atomic E-state index is -0.303. The van der Waals surface area contributed by atoms with Crippen molar-refractivity contribution in [3.63, 3.8) is 0 Å². The molecule has 0 aromatic heterocycles. The number of benzene rings is 3. The summed E-state index contributed by atoms with van der Waals surface area (Å²) in [4.78, 5) is 24.4. The van der Waals surface area contributed by atoms with Gasteiger partial charge in [0, 0.05) is 11.1 Å². The van der Waals surface area contributed by atoms with Gasteiger partial charge in [-0.3, -0.25) is 15.0 Å². The molecule has 3 aromatic rings. The molecule has 140 valence electrons. The summed E-state index contributed by atoms with van der Waals surface area (Å²) < 4.78 is 0. The Labute approximate surface area is 163 Å². The van der Waals surface area contributed by atoms with Gasteiger partial charge in [-0.1, -0.05) is 66.7 Å². The van der Waals surface area contributed by atoms with E-state index in [1.165, 1.54) is 0 Å². The van der Waals surface area contributed by atoms with Gasteiger partial charge in [0.05, 0.1) is 12.3 Å². The largest absolute Gasteiger partial charge is 0.287 e. The first kappa shape index (κ1) is 19.0. The highest BCUT2D eigenvalue weighted by Crippen LogP contribution is 2.02. The smallest absolute Gasteiger partial charge is 0.271 e. The molecule has 28 heavy (non-hydrogen) atoms. The van der Waals surface area contributed by atoms with Crippen molar-refractivity contribution in [2.75, 3.05) is 6.54 Å². The summed E-state index contributed by atoms with van der Waals surface area (Å²) >= 11 is 0. The molecule has 0 spiro atoms. The van der Waals surface area contributed by atoms with Gasteiger partial charge in [-0.05, 0) is 29.8 Å². The van der Waals surface area contributed by atoms with Crippen LogP contribution in [0.3, 0.4) is 0 Å². The predicted molar refractivity (Wildman–Crippen MR) is 109 cm³/mol. The van der Waals surface area contributed by atoms with Crippen molar-refractivity contribution in [2.45, 2.75) is 0 Å². The number of carbonyl (C=O) groups excluding carboxylic acids is 2. The Morgan fingerprint density at radius 2 is 1.11 bits per heavy atom. The number of rotatable bonds is 7. The van der Waals surface area contributed by atoms with E-state index in [4.69, 9.17) is 0 Å². The number of nitrogens with one attached hydrogen (secondary N) is 3. The highest BCUT2D eigenvalue weighted by molar-refractivity contribution is 6.03. The summed E-state index contributed by atoms with van der Waals surface area (Å²) in [5, 5.41) is 4.24. The summed E-state index contributed by atoms with van der Waals surface area (Å²) in [5.74, 6) is -0.552. The van der Waals surface area contributed by atoms with Gasteiger partial charge in [0.1, 0.15) is 0 Å². The zero-order valence-corrected chi connectivity index (χ0v) is 15.1. The van der Waals surface area contributed by atoms with Crippen LogP contribution in [0.4, 0.5) is 0 Å². The summed E-state index contributed by atoms with van der Waals surface area (Å²) in [6.07, 6.45) is 0. The monoisotopic (exact) mass is 372 g/mol. The molecule has 0 unspecified atom stereocenters. The molecule has 0 atom stereocenters. The molecule has 0 aliphatic rings. The molecule has 0 saturated carbocycles. The van der Waals surface area contributed by atoms with Gasteiger partial charge in [0.2, 0.25) is 0 Å². The zero-order chi connectivity index (χ0) is 19.6. The van der Waals surface area contributed by atoms with Crippen LogP contribution in [-0.2, 0) is 0 Å². The molecule has 0 bridgehead atoms. The van der Waals surface area contributed by atoms with Crippen LogP contribution in [0.5, 0.6) is 0 Å². The number of carbonyl (C=O) groups is 2. The van der Waals surface area contributed by atoms with Crippen LogP contribution in [0.25, 0.3) is 0 Å². The van der Waals surface area contributed by atoms with E-state index in [1.54, 1.807) is 48.5 Å². The van der Waals surface area contributed by atoms with Gasteiger partial charge in [0.25, 0.3) is 11.8 Å². The maximum atomic E-state index is 12.2. The summed E-state index contributed by atoms with van der Waals surface area (Å²) in [5.41, 5.74) is 10.5. The topological polar surface area (TPSA) is 82.6 Å². The predicted octanol–water partition coefficient (Wildman–Crippen LogP) is 2.76. The lowest BCUT2D eigenvalue weighted by molar-refractivity contribution is 0.0931. The quantitative estimate of drug-likeness (QED) is 0.441. The number of hydrogen-bond donors (Lipinski definition) is 3. The van der Waals surface area contributed by atoms with Crippen LogP contribution in [0.15, 0.2) is 96.1 Å². The molecule has 2 amide bonds. The Morgan fingerprint density at radius 3 is 1.64 bits per heavy atom. The van der Waals surface area contributed by atoms with Gasteiger partial charge >= 0.3 is 0 Å². The molecule has 6 nitrogen and oxygen atoms in total. The first-order chi connectivity index (χ1) is 13.7. The van der Waals surface area contributed by atoms with Gasteiger partial charge in [0.15, 0.2) is 0 Å². The van der Waals surface area contributed by atoms with Gasteiger partial charge in [-0.25, -0.2) is 10.9 Å². The highest BCUT2D eigenvalue weighted by atomic mass is 16.2. The average molecular weight is 372 g/mol. The number of hydrogen-bond acceptors (Lipinski definition) is 4. The molecule has 0 aliphatic carbocycles. The molecule has 6 heteroatoms. The Kier molecular flexibility index (Phi) is 6.65. The summed E-state index contributed by atoms with van der Waals surface area (Å²) in [6, 6.07) is 27.2. The van der Waals surface area contributed by atoms with Crippen LogP contribution < -0.4 is 16.3 Å². The van der Waals surface area contributed by atoms with Gasteiger partial charge < -0.3 is 0 Å². The Morgan fingerprint density at radius 1 is 0.643 bits per heavy atom. The lowest BCUT2D eigenvalue weighted by Gasteiger charge is -2.10. The third-order valence-electron chi connectivity index (χ3n) is 3.93. The van der Waals surface area contributed by atoms with E-state index in [0.29, 0.717) is 16.8 Å². The number of nitrogens with zero attached hydrogens (tertiary/aromatic N) is 1. The van der Waals surface area contributed by atoms with E-state index in [2.05, 4.69) is 21.4 Å². The van der Waals surface area contributed by atoms with Crippen LogP contribution in [0, 0.1) is 0 Å². The van der Waals surface area contributed by atoms with E-state index in [1.807, 2.05) is 42.5 Å². The standard InChI is InChI=1S/C22H20N4O2/c27-21(18-12-6-2-7-13-18)25-23-16-20(17-10-4-1-5-11-17)24-26-22(28)19-14-8-3-9-15-19/h1-15,23H,16H2,(H,25,27)(H,26,28)/b24-20-. The van der Waals surface area contributed by atoms with Crippen LogP contribution in [0.2, 0.25) is 0 Å². The highest BCUT2D eigenvalue weighted by Gasteiger charge is 2.08. The van der Waals surface area contributed by atoms with E-state index in [-0.39, 0.29) is 18.4 Å². The number of hydrazine groups is 1. The molecule has 0 saturated heterocycles. The van der Waals surface area contributed by atoms with Crippen LogP contribution >= 0.6 is 0 Å². The normalized spacial score (nSPS) is 10.9. The number of amides is 2. The second kappa shape index (κ2) is 9.80. The van der Waals surface area contributed by atoms with Crippen LogP contribution in [0.1, 0.15) is 26.3 Å². The molecule has 0 radical (unpaired) electrons. The number of hydrazone groups is 1. The molecule has 3 rings (SSSR count). The van der Waals surface area contributed by atoms with E-state index in [9.17, 15) is 9.59 Å². The molecule has 3 aromatic carbocycles. The van der Waals surface area contributed by atoms with Gasteiger partial charge in [-0.15, -0.1) is 0 Å². The maximum absolute atomic E-state index is 12.2. The minimum Gasteiger partial charge on any atom is -0.287 e. The van der Waals surface area contributed by atoms with Crippen molar-refractivity contribution in [3.05, 3.63) is 108 Å². The fraction of sp³-hybridized carbons (Fsp3) is 0.0455. The van der Waals surface area contributed by atoms with Crippen molar-refractivity contribution < 1.29 is 9.59 Å². The zero-order valence-electron chi connectivity index (χ0n) is 15.1. The molecule has 0 fully saturated rings.